The topological polar surface area (TPSA) is 84.9 Å². The van der Waals surface area contributed by atoms with Crippen LogP contribution in [0.25, 0.3) is 6.08 Å². The van der Waals surface area contributed by atoms with E-state index in [1.54, 1.807) is 55.5 Å². The molecule has 0 aliphatic carbocycles. The molecule has 2 aromatic rings. The highest BCUT2D eigenvalue weighted by Crippen LogP contribution is 2.34. The Bertz CT molecular complexity index is 1110. The number of hydrogen-bond donors (Lipinski definition) is 1. The van der Waals surface area contributed by atoms with Gasteiger partial charge in [-0.05, 0) is 67.7 Å². The Hall–Kier alpha value is -2.40. The second-order valence-electron chi connectivity index (χ2n) is 6.24. The molecule has 11 heteroatoms. The van der Waals surface area contributed by atoms with E-state index in [1.165, 1.54) is 0 Å². The van der Waals surface area contributed by atoms with Crippen LogP contribution >= 0.6 is 51.5 Å². The summed E-state index contributed by atoms with van der Waals surface area (Å²) in [6.45, 7) is 1.69. The third-order valence-electron chi connectivity index (χ3n) is 4.02. The minimum Gasteiger partial charge on any atom is -0.481 e. The van der Waals surface area contributed by atoms with Crippen LogP contribution in [0.15, 0.2) is 51.8 Å². The molecule has 1 heterocycles. The van der Waals surface area contributed by atoms with E-state index in [1.807, 2.05) is 0 Å². The van der Waals surface area contributed by atoms with Crippen LogP contribution in [0.3, 0.4) is 0 Å². The number of amides is 2. The zero-order valence-electron chi connectivity index (χ0n) is 16.6. The largest absolute Gasteiger partial charge is 0.481 e. The predicted octanol–water partition coefficient (Wildman–Crippen LogP) is 4.59. The summed E-state index contributed by atoms with van der Waals surface area (Å²) >= 11 is 15.5. The van der Waals surface area contributed by atoms with E-state index in [2.05, 4.69) is 21.4 Å². The van der Waals surface area contributed by atoms with E-state index in [0.717, 1.165) is 21.2 Å². The van der Waals surface area contributed by atoms with Gasteiger partial charge in [-0.25, -0.2) is 4.79 Å². The highest BCUT2D eigenvalue weighted by atomic mass is 79.9. The molecular weight excluding hydrogens is 540 g/mol. The molecule has 1 N–H and O–H groups in total. The van der Waals surface area contributed by atoms with Gasteiger partial charge in [0.1, 0.15) is 5.75 Å². The molecule has 0 spiro atoms. The minimum atomic E-state index is -0.502. The molecule has 166 valence electrons. The number of nitrogens with one attached hydrogen (secondary N) is 1. The van der Waals surface area contributed by atoms with Crippen molar-refractivity contribution in [2.75, 3.05) is 13.2 Å². The van der Waals surface area contributed by atoms with Gasteiger partial charge in [0.25, 0.3) is 11.8 Å². The van der Waals surface area contributed by atoms with Crippen molar-refractivity contribution in [3.63, 3.8) is 0 Å². The van der Waals surface area contributed by atoms with Crippen LogP contribution in [-0.2, 0) is 14.3 Å². The van der Waals surface area contributed by atoms with Crippen LogP contribution in [0.1, 0.15) is 22.8 Å². The molecule has 1 fully saturated rings. The highest BCUT2D eigenvalue weighted by Gasteiger charge is 2.34. The first kappa shape index (κ1) is 24.2. The molecule has 32 heavy (non-hydrogen) atoms. The lowest BCUT2D eigenvalue weighted by Gasteiger charge is -2.15. The monoisotopic (exact) mass is 554 g/mol. The number of hydrazine groups is 1. The van der Waals surface area contributed by atoms with Gasteiger partial charge in [-0.2, -0.15) is 5.01 Å². The highest BCUT2D eigenvalue weighted by molar-refractivity contribution is 9.10. The van der Waals surface area contributed by atoms with E-state index in [-0.39, 0.29) is 22.4 Å². The van der Waals surface area contributed by atoms with Crippen molar-refractivity contribution in [2.45, 2.75) is 6.92 Å². The van der Waals surface area contributed by atoms with Crippen molar-refractivity contribution in [1.82, 2.24) is 10.4 Å². The van der Waals surface area contributed by atoms with Crippen molar-refractivity contribution in [3.8, 4) is 5.75 Å². The molecule has 0 aromatic heterocycles. The van der Waals surface area contributed by atoms with E-state index in [9.17, 15) is 14.4 Å². The number of hydrogen-bond acceptors (Lipinski definition) is 7. The number of benzene rings is 2. The lowest BCUT2D eigenvalue weighted by atomic mass is 10.2. The molecule has 1 aliphatic rings. The lowest BCUT2D eigenvalue weighted by molar-refractivity contribution is -0.145. The fourth-order valence-corrected chi connectivity index (χ4v) is 4.25. The number of carbonyl (C=O) groups excluding carboxylic acids is 3. The maximum Gasteiger partial charge on any atom is 0.344 e. The summed E-state index contributed by atoms with van der Waals surface area (Å²) in [5.74, 6) is -1.10. The Morgan fingerprint density at radius 2 is 1.97 bits per heavy atom. The van der Waals surface area contributed by atoms with E-state index in [4.69, 9.17) is 33.3 Å². The molecule has 2 aromatic carbocycles. The standard InChI is InChI=1S/C21H16BrClN2O5S2/c1-2-29-18(26)11-30-16-8-5-14(22)9-13(16)10-17-20(28)25(21(31)32-17)24-19(27)12-3-6-15(23)7-4-12/h3-10H,2,11H2,1H3,(H,24,27)/b17-10+. The smallest absolute Gasteiger partial charge is 0.344 e. The molecule has 0 atom stereocenters. The summed E-state index contributed by atoms with van der Waals surface area (Å²) in [7, 11) is 0. The Labute approximate surface area is 207 Å². The quantitative estimate of drug-likeness (QED) is 0.304. The summed E-state index contributed by atoms with van der Waals surface area (Å²) < 4.78 is 11.3. The molecule has 0 unspecified atom stereocenters. The molecule has 1 aliphatic heterocycles. The Morgan fingerprint density at radius 1 is 1.25 bits per heavy atom. The summed E-state index contributed by atoms with van der Waals surface area (Å²) in [6, 6.07) is 11.4. The van der Waals surface area contributed by atoms with Gasteiger partial charge >= 0.3 is 5.97 Å². The Kier molecular flexibility index (Phi) is 8.30. The van der Waals surface area contributed by atoms with Crippen LogP contribution in [0.5, 0.6) is 5.75 Å². The summed E-state index contributed by atoms with van der Waals surface area (Å²) in [4.78, 5) is 37.2. The second-order valence-corrected chi connectivity index (χ2v) is 9.27. The van der Waals surface area contributed by atoms with Crippen LogP contribution in [0.2, 0.25) is 5.02 Å². The number of thiocarbonyl (C=S) groups is 1. The van der Waals surface area contributed by atoms with Gasteiger partial charge in [-0.3, -0.25) is 15.0 Å². The van der Waals surface area contributed by atoms with Gasteiger partial charge in [0.2, 0.25) is 0 Å². The molecular formula is C21H16BrClN2O5S2. The Balaban J connectivity index is 1.78. The second kappa shape index (κ2) is 11.0. The van der Waals surface area contributed by atoms with Crippen molar-refractivity contribution in [2.24, 2.45) is 0 Å². The Morgan fingerprint density at radius 3 is 2.66 bits per heavy atom. The summed E-state index contributed by atoms with van der Waals surface area (Å²) in [5.41, 5.74) is 3.38. The predicted molar refractivity (Wildman–Crippen MR) is 130 cm³/mol. The first-order valence-electron chi connectivity index (χ1n) is 9.21. The first-order valence-corrected chi connectivity index (χ1v) is 11.6. The number of rotatable bonds is 7. The van der Waals surface area contributed by atoms with Gasteiger partial charge in [0, 0.05) is 20.6 Å². The minimum absolute atomic E-state index is 0.174. The van der Waals surface area contributed by atoms with Gasteiger partial charge < -0.3 is 9.47 Å². The fourth-order valence-electron chi connectivity index (χ4n) is 2.58. The number of nitrogens with zero attached hydrogens (tertiary/aromatic N) is 1. The molecule has 7 nitrogen and oxygen atoms in total. The van der Waals surface area contributed by atoms with Crippen LogP contribution in [0, 0.1) is 0 Å². The van der Waals surface area contributed by atoms with Gasteiger partial charge in [0.05, 0.1) is 11.5 Å². The molecule has 1 saturated heterocycles. The zero-order valence-corrected chi connectivity index (χ0v) is 20.6. The number of halogens is 2. The SMILES string of the molecule is CCOC(=O)COc1ccc(Br)cc1/C=C1/SC(=S)N(NC(=O)c2ccc(Cl)cc2)C1=O. The summed E-state index contributed by atoms with van der Waals surface area (Å²) in [5, 5.41) is 1.50. The number of thioether (sulfide) groups is 1. The van der Waals surface area contributed by atoms with E-state index < -0.39 is 17.8 Å². The first-order chi connectivity index (χ1) is 15.3. The number of esters is 1. The van der Waals surface area contributed by atoms with Gasteiger partial charge in [-0.1, -0.05) is 39.3 Å². The molecule has 0 radical (unpaired) electrons. The third-order valence-corrected chi connectivity index (χ3v) is 6.07. The molecule has 0 saturated carbocycles. The number of ether oxygens (including phenoxy) is 2. The van der Waals surface area contributed by atoms with Gasteiger partial charge in [-0.15, -0.1) is 0 Å². The van der Waals surface area contributed by atoms with E-state index >= 15 is 0 Å². The van der Waals surface area contributed by atoms with Crippen molar-refractivity contribution >= 4 is 79.7 Å². The van der Waals surface area contributed by atoms with Crippen LogP contribution in [0.4, 0.5) is 0 Å². The normalized spacial score (nSPS) is 14.6. The number of carbonyl (C=O) groups is 3. The van der Waals surface area contributed by atoms with E-state index in [0.29, 0.717) is 21.9 Å². The van der Waals surface area contributed by atoms with Crippen LogP contribution < -0.4 is 10.2 Å². The van der Waals surface area contributed by atoms with Crippen LogP contribution in [-0.4, -0.2) is 40.3 Å². The maximum absolute atomic E-state index is 12.9. The van der Waals surface area contributed by atoms with Crippen molar-refractivity contribution < 1.29 is 23.9 Å². The molecule has 3 rings (SSSR count). The van der Waals surface area contributed by atoms with Crippen molar-refractivity contribution in [3.05, 3.63) is 68.0 Å². The van der Waals surface area contributed by atoms with Gasteiger partial charge in [0.15, 0.2) is 10.9 Å². The molecule has 0 bridgehead atoms. The third kappa shape index (κ3) is 6.10. The average Bonchev–Trinajstić information content (AvgIpc) is 3.01. The fraction of sp³-hybridized carbons (Fsp3) is 0.143. The zero-order chi connectivity index (χ0) is 23.3. The van der Waals surface area contributed by atoms with Crippen molar-refractivity contribution in [1.29, 1.82) is 0 Å². The summed E-state index contributed by atoms with van der Waals surface area (Å²) in [6.07, 6.45) is 1.58. The average molecular weight is 556 g/mol. The lowest BCUT2D eigenvalue weighted by Crippen LogP contribution is -2.44. The molecule has 2 amide bonds. The maximum atomic E-state index is 12.9.